The van der Waals surface area contributed by atoms with Crippen LogP contribution in [0.5, 0.6) is 0 Å². The van der Waals surface area contributed by atoms with E-state index >= 15 is 0 Å². The second-order valence-corrected chi connectivity index (χ2v) is 4.97. The SMILES string of the molecule is CCNC(c1ccc(Cl)c(Cl)c1)c1ccoc1Cl. The fourth-order valence-electron chi connectivity index (χ4n) is 1.81. The third-order valence-electron chi connectivity index (χ3n) is 2.64. The number of halogens is 3. The molecule has 1 heterocycles. The number of benzene rings is 1. The van der Waals surface area contributed by atoms with Crippen molar-refractivity contribution in [1.29, 1.82) is 0 Å². The summed E-state index contributed by atoms with van der Waals surface area (Å²) >= 11 is 18.0. The van der Waals surface area contributed by atoms with Gasteiger partial charge in [0.2, 0.25) is 0 Å². The molecular formula is C13H12Cl3NO. The molecule has 18 heavy (non-hydrogen) atoms. The molecule has 1 unspecified atom stereocenters. The molecule has 1 aromatic carbocycles. The Morgan fingerprint density at radius 3 is 2.50 bits per heavy atom. The molecular weight excluding hydrogens is 293 g/mol. The minimum absolute atomic E-state index is 0.0592. The van der Waals surface area contributed by atoms with E-state index in [2.05, 4.69) is 5.32 Å². The van der Waals surface area contributed by atoms with Crippen LogP contribution in [0, 0.1) is 0 Å². The van der Waals surface area contributed by atoms with Crippen LogP contribution in [0.2, 0.25) is 15.3 Å². The van der Waals surface area contributed by atoms with E-state index in [0.717, 1.165) is 17.7 Å². The van der Waals surface area contributed by atoms with Crippen molar-refractivity contribution >= 4 is 34.8 Å². The van der Waals surface area contributed by atoms with Gasteiger partial charge in [-0.25, -0.2) is 0 Å². The number of furan rings is 1. The summed E-state index contributed by atoms with van der Waals surface area (Å²) in [5.41, 5.74) is 1.88. The second-order valence-electron chi connectivity index (χ2n) is 3.81. The van der Waals surface area contributed by atoms with Crippen LogP contribution in [0.3, 0.4) is 0 Å². The zero-order valence-electron chi connectivity index (χ0n) is 9.71. The lowest BCUT2D eigenvalue weighted by Crippen LogP contribution is -2.21. The molecule has 0 amide bonds. The molecule has 0 bridgehead atoms. The van der Waals surface area contributed by atoms with Crippen molar-refractivity contribution in [1.82, 2.24) is 5.32 Å². The fourth-order valence-corrected chi connectivity index (χ4v) is 2.34. The molecule has 0 saturated carbocycles. The van der Waals surface area contributed by atoms with E-state index in [1.807, 2.05) is 25.1 Å². The van der Waals surface area contributed by atoms with E-state index in [9.17, 15) is 0 Å². The molecule has 2 aromatic rings. The van der Waals surface area contributed by atoms with Crippen molar-refractivity contribution in [2.45, 2.75) is 13.0 Å². The van der Waals surface area contributed by atoms with E-state index in [0.29, 0.717) is 15.3 Å². The lowest BCUT2D eigenvalue weighted by Gasteiger charge is -2.18. The predicted molar refractivity (Wildman–Crippen MR) is 75.7 cm³/mol. The van der Waals surface area contributed by atoms with Gasteiger partial charge in [0.05, 0.1) is 22.4 Å². The molecule has 1 aromatic heterocycles. The highest BCUT2D eigenvalue weighted by Crippen LogP contribution is 2.32. The van der Waals surface area contributed by atoms with Gasteiger partial charge in [-0.15, -0.1) is 0 Å². The highest BCUT2D eigenvalue weighted by molar-refractivity contribution is 6.42. The smallest absolute Gasteiger partial charge is 0.198 e. The van der Waals surface area contributed by atoms with Gasteiger partial charge in [-0.05, 0) is 41.9 Å². The summed E-state index contributed by atoms with van der Waals surface area (Å²) in [5.74, 6) is 0. The zero-order valence-corrected chi connectivity index (χ0v) is 12.0. The maximum absolute atomic E-state index is 6.04. The van der Waals surface area contributed by atoms with E-state index in [-0.39, 0.29) is 6.04 Å². The van der Waals surface area contributed by atoms with Crippen molar-refractivity contribution in [3.05, 3.63) is 56.9 Å². The zero-order chi connectivity index (χ0) is 13.1. The summed E-state index contributed by atoms with van der Waals surface area (Å²) in [5, 5.41) is 4.78. The standard InChI is InChI=1S/C13H12Cl3NO/c1-2-17-12(9-5-6-18-13(9)16)8-3-4-10(14)11(15)7-8/h3-7,12,17H,2H2,1H3. The third-order valence-corrected chi connectivity index (χ3v) is 3.69. The molecule has 0 aliphatic carbocycles. The molecule has 1 atom stereocenters. The molecule has 2 rings (SSSR count). The Kier molecular flexibility index (Phi) is 4.57. The van der Waals surface area contributed by atoms with Gasteiger partial charge in [-0.1, -0.05) is 36.2 Å². The monoisotopic (exact) mass is 303 g/mol. The molecule has 0 aliphatic heterocycles. The van der Waals surface area contributed by atoms with Crippen LogP contribution in [0.4, 0.5) is 0 Å². The lowest BCUT2D eigenvalue weighted by atomic mass is 10.0. The maximum Gasteiger partial charge on any atom is 0.198 e. The summed E-state index contributed by atoms with van der Waals surface area (Å²) in [6.45, 7) is 2.82. The van der Waals surface area contributed by atoms with Crippen LogP contribution in [0.15, 0.2) is 34.9 Å². The summed E-state index contributed by atoms with van der Waals surface area (Å²) in [4.78, 5) is 0. The number of nitrogens with one attached hydrogen (secondary N) is 1. The van der Waals surface area contributed by atoms with Crippen LogP contribution in [-0.4, -0.2) is 6.54 Å². The summed E-state index contributed by atoms with van der Waals surface area (Å²) in [7, 11) is 0. The normalized spacial score (nSPS) is 12.7. The van der Waals surface area contributed by atoms with Crippen molar-refractivity contribution in [3.8, 4) is 0 Å². The Labute approximate surface area is 121 Å². The van der Waals surface area contributed by atoms with Crippen molar-refractivity contribution in [2.24, 2.45) is 0 Å². The van der Waals surface area contributed by atoms with Crippen LogP contribution in [0.1, 0.15) is 24.1 Å². The van der Waals surface area contributed by atoms with Gasteiger partial charge < -0.3 is 9.73 Å². The Bertz CT molecular complexity index is 539. The quantitative estimate of drug-likeness (QED) is 0.865. The molecule has 0 fully saturated rings. The molecule has 96 valence electrons. The van der Waals surface area contributed by atoms with Crippen molar-refractivity contribution < 1.29 is 4.42 Å². The third kappa shape index (κ3) is 2.83. The van der Waals surface area contributed by atoms with Gasteiger partial charge in [0, 0.05) is 5.56 Å². The highest BCUT2D eigenvalue weighted by atomic mass is 35.5. The predicted octanol–water partition coefficient (Wildman–Crippen LogP) is 4.94. The van der Waals surface area contributed by atoms with Crippen LogP contribution >= 0.6 is 34.8 Å². The van der Waals surface area contributed by atoms with Gasteiger partial charge in [-0.2, -0.15) is 0 Å². The maximum atomic E-state index is 6.04. The first-order valence-electron chi connectivity index (χ1n) is 5.54. The molecule has 0 spiro atoms. The number of hydrogen-bond donors (Lipinski definition) is 1. The Balaban J connectivity index is 2.41. The first-order chi connectivity index (χ1) is 8.63. The minimum Gasteiger partial charge on any atom is -0.453 e. The first kappa shape index (κ1) is 13.8. The molecule has 5 heteroatoms. The van der Waals surface area contributed by atoms with E-state index in [4.69, 9.17) is 39.2 Å². The Morgan fingerprint density at radius 2 is 1.94 bits per heavy atom. The van der Waals surface area contributed by atoms with E-state index in [1.165, 1.54) is 0 Å². The Hall–Kier alpha value is -0.670. The average Bonchev–Trinajstić information content (AvgIpc) is 2.76. The topological polar surface area (TPSA) is 25.2 Å². The first-order valence-corrected chi connectivity index (χ1v) is 6.68. The van der Waals surface area contributed by atoms with Gasteiger partial charge in [-0.3, -0.25) is 0 Å². The van der Waals surface area contributed by atoms with Crippen LogP contribution in [-0.2, 0) is 0 Å². The van der Waals surface area contributed by atoms with E-state index < -0.39 is 0 Å². The molecule has 1 N–H and O–H groups in total. The van der Waals surface area contributed by atoms with Crippen LogP contribution < -0.4 is 5.32 Å². The molecule has 0 saturated heterocycles. The van der Waals surface area contributed by atoms with Gasteiger partial charge >= 0.3 is 0 Å². The van der Waals surface area contributed by atoms with Gasteiger partial charge in [0.15, 0.2) is 5.22 Å². The summed E-state index contributed by atoms with van der Waals surface area (Å²) < 4.78 is 5.13. The minimum atomic E-state index is -0.0592. The van der Waals surface area contributed by atoms with Crippen LogP contribution in [0.25, 0.3) is 0 Å². The summed E-state index contributed by atoms with van der Waals surface area (Å²) in [6.07, 6.45) is 1.57. The van der Waals surface area contributed by atoms with Gasteiger partial charge in [0.25, 0.3) is 0 Å². The fraction of sp³-hybridized carbons (Fsp3) is 0.231. The number of hydrogen-bond acceptors (Lipinski definition) is 2. The molecule has 0 radical (unpaired) electrons. The molecule has 2 nitrogen and oxygen atoms in total. The molecule has 0 aliphatic rings. The van der Waals surface area contributed by atoms with Gasteiger partial charge in [0.1, 0.15) is 0 Å². The number of rotatable bonds is 4. The second kappa shape index (κ2) is 5.98. The average molecular weight is 305 g/mol. The van der Waals surface area contributed by atoms with Crippen molar-refractivity contribution in [2.75, 3.05) is 6.54 Å². The largest absolute Gasteiger partial charge is 0.453 e. The summed E-state index contributed by atoms with van der Waals surface area (Å²) in [6, 6.07) is 7.32. The Morgan fingerprint density at radius 1 is 1.17 bits per heavy atom. The van der Waals surface area contributed by atoms with E-state index in [1.54, 1.807) is 12.3 Å². The lowest BCUT2D eigenvalue weighted by molar-refractivity contribution is 0.555. The van der Waals surface area contributed by atoms with Crippen molar-refractivity contribution in [3.63, 3.8) is 0 Å². The highest BCUT2D eigenvalue weighted by Gasteiger charge is 2.18.